The first-order valence-electron chi connectivity index (χ1n) is 6.36. The van der Waals surface area contributed by atoms with Crippen molar-refractivity contribution in [1.29, 1.82) is 0 Å². The van der Waals surface area contributed by atoms with Crippen molar-refractivity contribution in [3.05, 3.63) is 23.8 Å². The predicted octanol–water partition coefficient (Wildman–Crippen LogP) is 2.99. The van der Waals surface area contributed by atoms with E-state index >= 15 is 0 Å². The Morgan fingerprint density at radius 2 is 1.89 bits per heavy atom. The average Bonchev–Trinajstić information content (AvgIpc) is 2.46. The van der Waals surface area contributed by atoms with Crippen LogP contribution in [0.3, 0.4) is 0 Å². The highest BCUT2D eigenvalue weighted by atomic mass is 32.2. The minimum Gasteiger partial charge on any atom is -0.496 e. The third-order valence-corrected chi connectivity index (χ3v) is 4.90. The van der Waals surface area contributed by atoms with Crippen molar-refractivity contribution >= 4 is 11.8 Å². The van der Waals surface area contributed by atoms with Gasteiger partial charge < -0.3 is 15.2 Å². The van der Waals surface area contributed by atoms with Crippen molar-refractivity contribution in [2.24, 2.45) is 5.73 Å². The molecule has 0 amide bonds. The van der Waals surface area contributed by atoms with Gasteiger partial charge in [-0.05, 0) is 30.7 Å². The number of hydrogen-bond donors (Lipinski definition) is 1. The fraction of sp³-hybridized carbons (Fsp3) is 0.571. The van der Waals surface area contributed by atoms with Gasteiger partial charge in [0, 0.05) is 11.3 Å². The number of thioether (sulfide) groups is 1. The maximum Gasteiger partial charge on any atom is 0.127 e. The molecule has 0 spiro atoms. The van der Waals surface area contributed by atoms with E-state index in [1.807, 2.05) is 30.0 Å². The largest absolute Gasteiger partial charge is 0.496 e. The van der Waals surface area contributed by atoms with E-state index in [0.29, 0.717) is 5.25 Å². The summed E-state index contributed by atoms with van der Waals surface area (Å²) in [7, 11) is 3.36. The van der Waals surface area contributed by atoms with E-state index in [2.05, 4.69) is 0 Å². The summed E-state index contributed by atoms with van der Waals surface area (Å²) in [5.41, 5.74) is 7.44. The summed E-state index contributed by atoms with van der Waals surface area (Å²) in [6, 6.07) is 5.81. The fourth-order valence-electron chi connectivity index (χ4n) is 2.44. The second-order valence-electron chi connectivity index (χ2n) is 4.51. The summed E-state index contributed by atoms with van der Waals surface area (Å²) in [4.78, 5) is 0. The highest BCUT2D eigenvalue weighted by Crippen LogP contribution is 2.40. The molecule has 100 valence electrons. The molecular weight excluding hydrogens is 246 g/mol. The highest BCUT2D eigenvalue weighted by Gasteiger charge is 2.27. The minimum atomic E-state index is -0.0265. The number of benzene rings is 1. The van der Waals surface area contributed by atoms with Gasteiger partial charge in [-0.25, -0.2) is 0 Å². The second-order valence-corrected chi connectivity index (χ2v) is 5.85. The molecule has 1 aromatic rings. The Labute approximate surface area is 113 Å². The van der Waals surface area contributed by atoms with Crippen molar-refractivity contribution in [2.45, 2.75) is 30.6 Å². The van der Waals surface area contributed by atoms with Gasteiger partial charge in [0.2, 0.25) is 0 Å². The Kier molecular flexibility index (Phi) is 4.78. The lowest BCUT2D eigenvalue weighted by Gasteiger charge is -2.29. The van der Waals surface area contributed by atoms with E-state index in [1.165, 1.54) is 25.0 Å². The first kappa shape index (κ1) is 13.6. The van der Waals surface area contributed by atoms with Gasteiger partial charge in [0.15, 0.2) is 0 Å². The predicted molar refractivity (Wildman–Crippen MR) is 76.6 cm³/mol. The summed E-state index contributed by atoms with van der Waals surface area (Å²) in [6.07, 6.45) is 3.74. The van der Waals surface area contributed by atoms with Gasteiger partial charge in [-0.15, -0.1) is 0 Å². The Bertz CT molecular complexity index is 369. The third-order valence-electron chi connectivity index (χ3n) is 3.41. The van der Waals surface area contributed by atoms with Crippen LogP contribution in [0.15, 0.2) is 18.2 Å². The first-order valence-corrected chi connectivity index (χ1v) is 7.41. The van der Waals surface area contributed by atoms with E-state index in [9.17, 15) is 0 Å². The SMILES string of the molecule is COc1cccc(OC)c1C(N)C1CCCCS1. The molecule has 0 radical (unpaired) electrons. The molecule has 1 fully saturated rings. The van der Waals surface area contributed by atoms with Crippen LogP contribution in [0.4, 0.5) is 0 Å². The second kappa shape index (κ2) is 6.34. The van der Waals surface area contributed by atoms with Crippen LogP contribution in [0.1, 0.15) is 30.9 Å². The van der Waals surface area contributed by atoms with E-state index in [0.717, 1.165) is 17.1 Å². The van der Waals surface area contributed by atoms with Crippen LogP contribution < -0.4 is 15.2 Å². The van der Waals surface area contributed by atoms with Crippen LogP contribution >= 0.6 is 11.8 Å². The molecule has 2 N–H and O–H groups in total. The third kappa shape index (κ3) is 2.75. The van der Waals surface area contributed by atoms with Crippen molar-refractivity contribution in [3.63, 3.8) is 0 Å². The van der Waals surface area contributed by atoms with E-state index < -0.39 is 0 Å². The quantitative estimate of drug-likeness (QED) is 0.911. The molecule has 3 nitrogen and oxygen atoms in total. The molecule has 2 rings (SSSR count). The molecule has 2 atom stereocenters. The normalized spacial score (nSPS) is 21.4. The molecule has 0 aliphatic carbocycles. The number of nitrogens with two attached hydrogens (primary N) is 1. The number of ether oxygens (including phenoxy) is 2. The molecular formula is C14H21NO2S. The van der Waals surface area contributed by atoms with Crippen molar-refractivity contribution < 1.29 is 9.47 Å². The Morgan fingerprint density at radius 3 is 2.39 bits per heavy atom. The molecule has 0 saturated carbocycles. The van der Waals surface area contributed by atoms with Gasteiger partial charge in [-0.1, -0.05) is 12.5 Å². The molecule has 4 heteroatoms. The zero-order valence-electron chi connectivity index (χ0n) is 11.0. The zero-order valence-corrected chi connectivity index (χ0v) is 11.8. The Morgan fingerprint density at radius 1 is 1.22 bits per heavy atom. The van der Waals surface area contributed by atoms with Crippen LogP contribution in [-0.2, 0) is 0 Å². The van der Waals surface area contributed by atoms with Crippen LogP contribution in [0, 0.1) is 0 Å². The van der Waals surface area contributed by atoms with Crippen molar-refractivity contribution in [2.75, 3.05) is 20.0 Å². The first-order chi connectivity index (χ1) is 8.77. The van der Waals surface area contributed by atoms with Crippen LogP contribution in [0.25, 0.3) is 0 Å². The van der Waals surface area contributed by atoms with E-state index in [-0.39, 0.29) is 6.04 Å². The van der Waals surface area contributed by atoms with Crippen molar-refractivity contribution in [3.8, 4) is 11.5 Å². The summed E-state index contributed by atoms with van der Waals surface area (Å²) < 4.78 is 10.9. The molecule has 1 saturated heterocycles. The van der Waals surface area contributed by atoms with Gasteiger partial charge in [-0.2, -0.15) is 11.8 Å². The maximum absolute atomic E-state index is 6.44. The van der Waals surface area contributed by atoms with E-state index in [4.69, 9.17) is 15.2 Å². The molecule has 1 aliphatic heterocycles. The Balaban J connectivity index is 2.29. The monoisotopic (exact) mass is 267 g/mol. The number of hydrogen-bond acceptors (Lipinski definition) is 4. The standard InChI is InChI=1S/C14H21NO2S/c1-16-10-6-5-7-11(17-2)13(10)14(15)12-8-3-4-9-18-12/h5-7,12,14H,3-4,8-9,15H2,1-2H3. The molecule has 0 aromatic heterocycles. The summed E-state index contributed by atoms with van der Waals surface area (Å²) >= 11 is 1.97. The maximum atomic E-state index is 6.44. The van der Waals surface area contributed by atoms with Gasteiger partial charge in [-0.3, -0.25) is 0 Å². The van der Waals surface area contributed by atoms with Gasteiger partial charge >= 0.3 is 0 Å². The lowest BCUT2D eigenvalue weighted by atomic mass is 9.98. The lowest BCUT2D eigenvalue weighted by molar-refractivity contribution is 0.376. The topological polar surface area (TPSA) is 44.5 Å². The van der Waals surface area contributed by atoms with Gasteiger partial charge in [0.1, 0.15) is 11.5 Å². The number of methoxy groups -OCH3 is 2. The average molecular weight is 267 g/mol. The Hall–Kier alpha value is -0.870. The van der Waals surface area contributed by atoms with Gasteiger partial charge in [0.25, 0.3) is 0 Å². The molecule has 1 heterocycles. The fourth-order valence-corrected chi connectivity index (χ4v) is 3.79. The summed E-state index contributed by atoms with van der Waals surface area (Å²) in [5.74, 6) is 2.86. The van der Waals surface area contributed by atoms with Crippen LogP contribution in [0.5, 0.6) is 11.5 Å². The zero-order chi connectivity index (χ0) is 13.0. The van der Waals surface area contributed by atoms with E-state index in [1.54, 1.807) is 14.2 Å². The summed E-state index contributed by atoms with van der Waals surface area (Å²) in [5, 5.41) is 0.462. The summed E-state index contributed by atoms with van der Waals surface area (Å²) in [6.45, 7) is 0. The van der Waals surface area contributed by atoms with Crippen molar-refractivity contribution in [1.82, 2.24) is 0 Å². The molecule has 18 heavy (non-hydrogen) atoms. The number of rotatable bonds is 4. The molecule has 1 aliphatic rings. The lowest BCUT2D eigenvalue weighted by Crippen LogP contribution is -2.27. The van der Waals surface area contributed by atoms with Crippen LogP contribution in [-0.4, -0.2) is 25.2 Å². The highest BCUT2D eigenvalue weighted by molar-refractivity contribution is 8.00. The smallest absolute Gasteiger partial charge is 0.127 e. The molecule has 0 bridgehead atoms. The molecule has 1 aromatic carbocycles. The van der Waals surface area contributed by atoms with Gasteiger partial charge in [0.05, 0.1) is 19.8 Å². The minimum absolute atomic E-state index is 0.0265. The molecule has 2 unspecified atom stereocenters. The van der Waals surface area contributed by atoms with Crippen LogP contribution in [0.2, 0.25) is 0 Å².